The summed E-state index contributed by atoms with van der Waals surface area (Å²) in [5.41, 5.74) is 6.32. The molecule has 1 aromatic carbocycles. The molecule has 118 valence electrons. The molecule has 0 saturated heterocycles. The first kappa shape index (κ1) is 18.0. The fourth-order valence-corrected chi connectivity index (χ4v) is 2.90. The molecule has 0 saturated carbocycles. The van der Waals surface area contributed by atoms with Crippen LogP contribution in [0.5, 0.6) is 0 Å². The summed E-state index contributed by atoms with van der Waals surface area (Å²) in [6, 6.07) is 6.43. The molecule has 0 fully saturated rings. The lowest BCUT2D eigenvalue weighted by molar-refractivity contribution is 0.0320. The number of thiocarbonyl (C=S) groups is 1. The smallest absolute Gasteiger partial charge is 0.240 e. The number of methoxy groups -OCH3 is 2. The van der Waals surface area contributed by atoms with Crippen molar-refractivity contribution in [1.82, 2.24) is 4.72 Å². The summed E-state index contributed by atoms with van der Waals surface area (Å²) in [7, 11) is -0.547. The van der Waals surface area contributed by atoms with Crippen molar-refractivity contribution in [1.29, 1.82) is 0 Å². The van der Waals surface area contributed by atoms with Crippen molar-refractivity contribution in [2.75, 3.05) is 27.4 Å². The average Bonchev–Trinajstić information content (AvgIpc) is 2.43. The largest absolute Gasteiger partial charge is 0.393 e. The van der Waals surface area contributed by atoms with Crippen molar-refractivity contribution in [3.8, 4) is 0 Å². The molecular weight excluding hydrogens is 312 g/mol. The second-order valence-electron chi connectivity index (χ2n) is 4.45. The number of hydrogen-bond donors (Lipinski definition) is 2. The Hall–Kier alpha value is -1.06. The van der Waals surface area contributed by atoms with Crippen molar-refractivity contribution >= 4 is 27.2 Å². The van der Waals surface area contributed by atoms with E-state index >= 15 is 0 Å². The van der Waals surface area contributed by atoms with E-state index in [0.717, 1.165) is 5.56 Å². The molecule has 3 N–H and O–H groups in total. The number of hydrogen-bond acceptors (Lipinski definition) is 5. The van der Waals surface area contributed by atoms with Crippen LogP contribution in [-0.4, -0.2) is 46.9 Å². The highest BCUT2D eigenvalue weighted by Gasteiger charge is 2.16. The van der Waals surface area contributed by atoms with Crippen LogP contribution in [0.4, 0.5) is 0 Å². The summed E-state index contributed by atoms with van der Waals surface area (Å²) >= 11 is 4.81. The predicted octanol–water partition coefficient (Wildman–Crippen LogP) is 0.455. The average molecular weight is 332 g/mol. The van der Waals surface area contributed by atoms with Gasteiger partial charge in [0, 0.05) is 27.2 Å². The van der Waals surface area contributed by atoms with Crippen molar-refractivity contribution in [2.45, 2.75) is 17.4 Å². The Balaban J connectivity index is 2.71. The van der Waals surface area contributed by atoms with E-state index in [0.29, 0.717) is 18.0 Å². The molecule has 8 heteroatoms. The minimum absolute atomic E-state index is 0.140. The van der Waals surface area contributed by atoms with Gasteiger partial charge in [0.05, 0.1) is 22.6 Å². The number of sulfonamides is 1. The Kier molecular flexibility index (Phi) is 7.20. The molecule has 1 unspecified atom stereocenters. The zero-order chi connectivity index (χ0) is 15.9. The number of nitrogens with one attached hydrogen (secondary N) is 1. The zero-order valence-electron chi connectivity index (χ0n) is 12.0. The highest BCUT2D eigenvalue weighted by atomic mass is 32.2. The predicted molar refractivity (Wildman–Crippen MR) is 84.8 cm³/mol. The Morgan fingerprint density at radius 2 is 1.95 bits per heavy atom. The van der Waals surface area contributed by atoms with E-state index in [1.807, 2.05) is 0 Å². The summed E-state index contributed by atoms with van der Waals surface area (Å²) in [5.74, 6) is 0. The molecule has 0 aliphatic rings. The van der Waals surface area contributed by atoms with E-state index in [4.69, 9.17) is 27.4 Å². The summed E-state index contributed by atoms with van der Waals surface area (Å²) in [5, 5.41) is 0. The van der Waals surface area contributed by atoms with E-state index in [-0.39, 0.29) is 17.5 Å². The third-order valence-electron chi connectivity index (χ3n) is 2.80. The van der Waals surface area contributed by atoms with Gasteiger partial charge < -0.3 is 15.2 Å². The Morgan fingerprint density at radius 1 is 1.33 bits per heavy atom. The summed E-state index contributed by atoms with van der Waals surface area (Å²) in [6.07, 6.45) is 0.113. The van der Waals surface area contributed by atoms with Crippen LogP contribution in [0, 0.1) is 0 Å². The highest BCUT2D eigenvalue weighted by Crippen LogP contribution is 2.11. The molecule has 0 aliphatic carbocycles. The van der Waals surface area contributed by atoms with Crippen LogP contribution in [0.2, 0.25) is 0 Å². The van der Waals surface area contributed by atoms with Gasteiger partial charge >= 0.3 is 0 Å². The molecule has 21 heavy (non-hydrogen) atoms. The van der Waals surface area contributed by atoms with Gasteiger partial charge in [-0.25, -0.2) is 13.1 Å². The van der Waals surface area contributed by atoms with E-state index in [9.17, 15) is 8.42 Å². The normalized spacial score (nSPS) is 13.0. The molecule has 1 rings (SSSR count). The van der Waals surface area contributed by atoms with E-state index < -0.39 is 10.0 Å². The third kappa shape index (κ3) is 6.06. The van der Waals surface area contributed by atoms with Gasteiger partial charge in [-0.1, -0.05) is 24.4 Å². The van der Waals surface area contributed by atoms with Gasteiger partial charge in [0.15, 0.2) is 0 Å². The van der Waals surface area contributed by atoms with Gasteiger partial charge in [0.25, 0.3) is 0 Å². The van der Waals surface area contributed by atoms with Gasteiger partial charge in [0.1, 0.15) is 0 Å². The lowest BCUT2D eigenvalue weighted by atomic mass is 10.1. The number of benzene rings is 1. The first-order chi connectivity index (χ1) is 9.89. The molecule has 0 spiro atoms. The lowest BCUT2D eigenvalue weighted by Crippen LogP contribution is -2.35. The van der Waals surface area contributed by atoms with Crippen molar-refractivity contribution in [2.24, 2.45) is 5.73 Å². The molecule has 0 amide bonds. The van der Waals surface area contributed by atoms with Crippen LogP contribution in [-0.2, 0) is 25.9 Å². The van der Waals surface area contributed by atoms with Crippen molar-refractivity contribution in [3.05, 3.63) is 29.8 Å². The first-order valence-electron chi connectivity index (χ1n) is 6.27. The van der Waals surface area contributed by atoms with Gasteiger partial charge in [-0.15, -0.1) is 0 Å². The van der Waals surface area contributed by atoms with Crippen LogP contribution < -0.4 is 10.5 Å². The molecular formula is C13H20N2O4S2. The molecule has 0 aromatic heterocycles. The minimum atomic E-state index is -3.58. The van der Waals surface area contributed by atoms with Gasteiger partial charge in [0.2, 0.25) is 10.0 Å². The molecule has 0 radical (unpaired) electrons. The Bertz CT molecular complexity index is 558. The lowest BCUT2D eigenvalue weighted by Gasteiger charge is -2.15. The SMILES string of the molecule is COCC(CNS(=O)(=O)c1ccc(CC(N)=S)cc1)OC. The number of nitrogens with two attached hydrogens (primary N) is 1. The molecule has 0 bridgehead atoms. The number of ether oxygens (including phenoxy) is 2. The maximum Gasteiger partial charge on any atom is 0.240 e. The van der Waals surface area contributed by atoms with E-state index in [1.54, 1.807) is 12.1 Å². The van der Waals surface area contributed by atoms with Crippen LogP contribution in [0.15, 0.2) is 29.2 Å². The van der Waals surface area contributed by atoms with E-state index in [2.05, 4.69) is 4.72 Å². The van der Waals surface area contributed by atoms with Crippen LogP contribution in [0.3, 0.4) is 0 Å². The fraction of sp³-hybridized carbons (Fsp3) is 0.462. The Labute approximate surface area is 130 Å². The summed E-state index contributed by atoms with van der Waals surface area (Å²) < 4.78 is 36.8. The second-order valence-corrected chi connectivity index (χ2v) is 6.74. The molecule has 0 aliphatic heterocycles. The number of rotatable bonds is 9. The summed E-state index contributed by atoms with van der Waals surface area (Å²) in [4.78, 5) is 0.549. The van der Waals surface area contributed by atoms with E-state index in [1.165, 1.54) is 26.4 Å². The molecule has 0 heterocycles. The quantitative estimate of drug-likeness (QED) is 0.638. The van der Waals surface area contributed by atoms with Crippen LogP contribution in [0.1, 0.15) is 5.56 Å². The van der Waals surface area contributed by atoms with Crippen molar-refractivity contribution < 1.29 is 17.9 Å². The van der Waals surface area contributed by atoms with Crippen LogP contribution in [0.25, 0.3) is 0 Å². The zero-order valence-corrected chi connectivity index (χ0v) is 13.7. The maximum atomic E-state index is 12.1. The van der Waals surface area contributed by atoms with Gasteiger partial charge in [-0.05, 0) is 17.7 Å². The second kappa shape index (κ2) is 8.40. The summed E-state index contributed by atoms with van der Waals surface area (Å²) in [6.45, 7) is 0.452. The van der Waals surface area contributed by atoms with Crippen LogP contribution >= 0.6 is 12.2 Å². The maximum absolute atomic E-state index is 12.1. The van der Waals surface area contributed by atoms with Crippen molar-refractivity contribution in [3.63, 3.8) is 0 Å². The molecule has 1 atom stereocenters. The van der Waals surface area contributed by atoms with Gasteiger partial charge in [-0.2, -0.15) is 0 Å². The minimum Gasteiger partial charge on any atom is -0.393 e. The Morgan fingerprint density at radius 3 is 2.43 bits per heavy atom. The third-order valence-corrected chi connectivity index (χ3v) is 4.38. The molecule has 1 aromatic rings. The monoisotopic (exact) mass is 332 g/mol. The van der Waals surface area contributed by atoms with Gasteiger partial charge in [-0.3, -0.25) is 0 Å². The highest BCUT2D eigenvalue weighted by molar-refractivity contribution is 7.89. The topological polar surface area (TPSA) is 90.7 Å². The standard InChI is InChI=1S/C13H20N2O4S2/c1-18-9-11(19-2)8-15-21(16,17)12-5-3-10(4-6-12)7-13(14)20/h3-6,11,15H,7-9H2,1-2H3,(H2,14,20). The fourth-order valence-electron chi connectivity index (χ4n) is 1.67. The first-order valence-corrected chi connectivity index (χ1v) is 8.17. The molecule has 6 nitrogen and oxygen atoms in total.